The Kier molecular flexibility index (Phi) is 3.49. The number of aromatic amines is 1. The molecule has 1 aromatic heterocycles. The summed E-state index contributed by atoms with van der Waals surface area (Å²) in [6.45, 7) is 6.61. The highest BCUT2D eigenvalue weighted by Crippen LogP contribution is 2.29. The molecule has 0 bridgehead atoms. The summed E-state index contributed by atoms with van der Waals surface area (Å²) >= 11 is 0. The number of phenols is 1. The van der Waals surface area contributed by atoms with E-state index in [-0.39, 0.29) is 11.2 Å². The van der Waals surface area contributed by atoms with Crippen LogP contribution in [0.3, 0.4) is 0 Å². The van der Waals surface area contributed by atoms with Crippen molar-refractivity contribution in [3.63, 3.8) is 0 Å². The number of hydrogen-bond acceptors (Lipinski definition) is 2. The normalized spacial score (nSPS) is 11.6. The van der Waals surface area contributed by atoms with Crippen LogP contribution < -0.4 is 0 Å². The molecule has 0 saturated carbocycles. The van der Waals surface area contributed by atoms with Crippen molar-refractivity contribution in [1.29, 1.82) is 0 Å². The second-order valence-electron chi connectivity index (χ2n) is 6.49. The van der Waals surface area contributed by atoms with Gasteiger partial charge in [0.1, 0.15) is 11.6 Å². The SMILES string of the molecule is CC(C)(C)c1ccc(-c2cnc(-c3ccccc3O)[nH]2)cc1. The van der Waals surface area contributed by atoms with Gasteiger partial charge in [0.05, 0.1) is 17.5 Å². The molecule has 0 amide bonds. The highest BCUT2D eigenvalue weighted by Gasteiger charge is 2.14. The number of aromatic hydroxyl groups is 1. The number of nitrogens with one attached hydrogen (secondary N) is 1. The van der Waals surface area contributed by atoms with E-state index in [0.29, 0.717) is 11.4 Å². The van der Waals surface area contributed by atoms with Gasteiger partial charge in [-0.05, 0) is 28.7 Å². The van der Waals surface area contributed by atoms with Crippen molar-refractivity contribution in [3.8, 4) is 28.4 Å². The predicted octanol–water partition coefficient (Wildman–Crippen LogP) is 4.75. The molecule has 22 heavy (non-hydrogen) atoms. The van der Waals surface area contributed by atoms with E-state index in [2.05, 4.69) is 55.0 Å². The summed E-state index contributed by atoms with van der Waals surface area (Å²) in [5.74, 6) is 0.902. The average molecular weight is 292 g/mol. The molecule has 2 aromatic carbocycles. The molecule has 0 fully saturated rings. The van der Waals surface area contributed by atoms with Crippen LogP contribution in [-0.4, -0.2) is 15.1 Å². The maximum absolute atomic E-state index is 9.91. The van der Waals surface area contributed by atoms with Gasteiger partial charge >= 0.3 is 0 Å². The van der Waals surface area contributed by atoms with E-state index in [0.717, 1.165) is 11.3 Å². The maximum Gasteiger partial charge on any atom is 0.141 e. The monoisotopic (exact) mass is 292 g/mol. The second-order valence-corrected chi connectivity index (χ2v) is 6.49. The molecule has 3 heteroatoms. The fraction of sp³-hybridized carbons (Fsp3) is 0.211. The molecule has 0 saturated heterocycles. The smallest absolute Gasteiger partial charge is 0.141 e. The highest BCUT2D eigenvalue weighted by atomic mass is 16.3. The van der Waals surface area contributed by atoms with Gasteiger partial charge in [-0.3, -0.25) is 0 Å². The van der Waals surface area contributed by atoms with Crippen molar-refractivity contribution >= 4 is 0 Å². The zero-order chi connectivity index (χ0) is 15.7. The van der Waals surface area contributed by atoms with E-state index in [9.17, 15) is 5.11 Å². The van der Waals surface area contributed by atoms with Crippen LogP contribution in [-0.2, 0) is 5.41 Å². The molecule has 3 aromatic rings. The van der Waals surface area contributed by atoms with Gasteiger partial charge in [-0.15, -0.1) is 0 Å². The Morgan fingerprint density at radius 1 is 0.955 bits per heavy atom. The summed E-state index contributed by atoms with van der Waals surface area (Å²) in [5, 5.41) is 9.91. The first kappa shape index (κ1) is 14.4. The number of imidazole rings is 1. The molecule has 0 aliphatic heterocycles. The first-order valence-corrected chi connectivity index (χ1v) is 7.39. The molecule has 0 aliphatic carbocycles. The average Bonchev–Trinajstić information content (AvgIpc) is 2.96. The minimum absolute atomic E-state index is 0.146. The molecule has 0 aliphatic rings. The van der Waals surface area contributed by atoms with Gasteiger partial charge in [0.25, 0.3) is 0 Å². The molecule has 3 rings (SSSR count). The molecular formula is C19H20N2O. The van der Waals surface area contributed by atoms with Crippen LogP contribution in [0, 0.1) is 0 Å². The number of para-hydroxylation sites is 1. The van der Waals surface area contributed by atoms with E-state index in [4.69, 9.17) is 0 Å². The Bertz CT molecular complexity index is 780. The number of hydrogen-bond donors (Lipinski definition) is 2. The Morgan fingerprint density at radius 3 is 2.27 bits per heavy atom. The number of nitrogens with zero attached hydrogens (tertiary/aromatic N) is 1. The summed E-state index contributed by atoms with van der Waals surface area (Å²) in [4.78, 5) is 7.65. The Balaban J connectivity index is 1.93. The Morgan fingerprint density at radius 2 is 1.64 bits per heavy atom. The van der Waals surface area contributed by atoms with Gasteiger partial charge in [-0.2, -0.15) is 0 Å². The van der Waals surface area contributed by atoms with Crippen LogP contribution in [0.2, 0.25) is 0 Å². The molecule has 2 N–H and O–H groups in total. The summed E-state index contributed by atoms with van der Waals surface area (Å²) in [6, 6.07) is 15.7. The van der Waals surface area contributed by atoms with Crippen LogP contribution in [0.5, 0.6) is 5.75 Å². The summed E-state index contributed by atoms with van der Waals surface area (Å²) in [7, 11) is 0. The molecule has 0 radical (unpaired) electrons. The lowest BCUT2D eigenvalue weighted by Crippen LogP contribution is -2.10. The Labute approximate surface area is 130 Å². The van der Waals surface area contributed by atoms with E-state index in [1.54, 1.807) is 18.3 Å². The van der Waals surface area contributed by atoms with Crippen molar-refractivity contribution in [1.82, 2.24) is 9.97 Å². The summed E-state index contributed by atoms with van der Waals surface area (Å²) < 4.78 is 0. The third kappa shape index (κ3) is 2.75. The number of phenolic OH excluding ortho intramolecular Hbond substituents is 1. The quantitative estimate of drug-likeness (QED) is 0.716. The van der Waals surface area contributed by atoms with Gasteiger partial charge in [-0.1, -0.05) is 57.2 Å². The molecule has 1 heterocycles. The zero-order valence-corrected chi connectivity index (χ0v) is 13.1. The lowest BCUT2D eigenvalue weighted by atomic mass is 9.86. The van der Waals surface area contributed by atoms with Crippen LogP contribution in [0.25, 0.3) is 22.6 Å². The van der Waals surface area contributed by atoms with Gasteiger partial charge in [0.15, 0.2) is 0 Å². The minimum atomic E-state index is 0.146. The standard InChI is InChI=1S/C19H20N2O/c1-19(2,3)14-10-8-13(9-11-14)16-12-20-18(21-16)15-6-4-5-7-17(15)22/h4-12,22H,1-3H3,(H,20,21). The van der Waals surface area contributed by atoms with Crippen molar-refractivity contribution < 1.29 is 5.11 Å². The van der Waals surface area contributed by atoms with Gasteiger partial charge in [0, 0.05) is 0 Å². The van der Waals surface area contributed by atoms with Crippen LogP contribution in [0.15, 0.2) is 54.7 Å². The number of benzene rings is 2. The molecule has 0 spiro atoms. The van der Waals surface area contributed by atoms with Crippen molar-refractivity contribution in [2.24, 2.45) is 0 Å². The van der Waals surface area contributed by atoms with Gasteiger partial charge in [0.2, 0.25) is 0 Å². The molecule has 0 unspecified atom stereocenters. The van der Waals surface area contributed by atoms with E-state index in [1.807, 2.05) is 12.1 Å². The third-order valence-electron chi connectivity index (χ3n) is 3.80. The molecule has 0 atom stereocenters. The van der Waals surface area contributed by atoms with Crippen LogP contribution in [0.1, 0.15) is 26.3 Å². The number of aromatic nitrogens is 2. The first-order valence-electron chi connectivity index (χ1n) is 7.39. The first-order chi connectivity index (χ1) is 10.4. The molecule has 112 valence electrons. The second kappa shape index (κ2) is 5.34. The largest absolute Gasteiger partial charge is 0.507 e. The van der Waals surface area contributed by atoms with Crippen molar-refractivity contribution in [2.75, 3.05) is 0 Å². The Hall–Kier alpha value is -2.55. The summed E-state index contributed by atoms with van der Waals surface area (Å²) in [6.07, 6.45) is 1.80. The lowest BCUT2D eigenvalue weighted by Gasteiger charge is -2.18. The minimum Gasteiger partial charge on any atom is -0.507 e. The molecular weight excluding hydrogens is 272 g/mol. The summed E-state index contributed by atoms with van der Waals surface area (Å²) in [5.41, 5.74) is 4.19. The fourth-order valence-corrected chi connectivity index (χ4v) is 2.43. The molecule has 3 nitrogen and oxygen atoms in total. The van der Waals surface area contributed by atoms with Crippen molar-refractivity contribution in [3.05, 3.63) is 60.3 Å². The zero-order valence-electron chi connectivity index (χ0n) is 13.1. The van der Waals surface area contributed by atoms with Crippen molar-refractivity contribution in [2.45, 2.75) is 26.2 Å². The van der Waals surface area contributed by atoms with E-state index in [1.165, 1.54) is 5.56 Å². The van der Waals surface area contributed by atoms with Crippen LogP contribution in [0.4, 0.5) is 0 Å². The predicted molar refractivity (Wildman–Crippen MR) is 89.8 cm³/mol. The number of H-pyrrole nitrogens is 1. The van der Waals surface area contributed by atoms with Gasteiger partial charge < -0.3 is 10.1 Å². The fourth-order valence-electron chi connectivity index (χ4n) is 2.43. The lowest BCUT2D eigenvalue weighted by molar-refractivity contribution is 0.477. The van der Waals surface area contributed by atoms with E-state index >= 15 is 0 Å². The number of rotatable bonds is 2. The van der Waals surface area contributed by atoms with Crippen LogP contribution >= 0.6 is 0 Å². The van der Waals surface area contributed by atoms with E-state index < -0.39 is 0 Å². The topological polar surface area (TPSA) is 48.9 Å². The maximum atomic E-state index is 9.91. The third-order valence-corrected chi connectivity index (χ3v) is 3.80. The van der Waals surface area contributed by atoms with Gasteiger partial charge in [-0.25, -0.2) is 4.98 Å². The highest BCUT2D eigenvalue weighted by molar-refractivity contribution is 5.68.